The van der Waals surface area contributed by atoms with Gasteiger partial charge in [0.15, 0.2) is 0 Å². The van der Waals surface area contributed by atoms with Crippen molar-refractivity contribution in [1.82, 2.24) is 10.0 Å². The molecular weight excluding hydrogens is 300 g/mol. The number of rotatable bonds is 5. The van der Waals surface area contributed by atoms with Crippen molar-refractivity contribution in [2.45, 2.75) is 32.6 Å². The normalized spacial score (nSPS) is 15.4. The molecule has 0 unspecified atom stereocenters. The maximum Gasteiger partial charge on any atom is 0.253 e. The van der Waals surface area contributed by atoms with Gasteiger partial charge in [0.1, 0.15) is 6.61 Å². The fraction of sp³-hybridized carbons (Fsp3) is 0.471. The minimum Gasteiger partial charge on any atom is -0.414 e. The number of carbonyl (C=O) groups is 1. The van der Waals surface area contributed by atoms with E-state index < -0.39 is 0 Å². The van der Waals surface area contributed by atoms with Crippen molar-refractivity contribution in [2.75, 3.05) is 13.2 Å². The third kappa shape index (κ3) is 2.93. The van der Waals surface area contributed by atoms with Crippen LogP contribution in [0.15, 0.2) is 24.4 Å². The van der Waals surface area contributed by atoms with Crippen molar-refractivity contribution >= 4 is 28.4 Å². The molecule has 1 fully saturated rings. The molecule has 0 atom stereocenters. The summed E-state index contributed by atoms with van der Waals surface area (Å²) < 4.78 is 1.63. The molecule has 0 saturated heterocycles. The SMILES string of the molecule is CCOn1cc(C(=O)NCC2CCCC2)c2c(Cl)cccc21. The van der Waals surface area contributed by atoms with E-state index in [0.29, 0.717) is 23.1 Å². The first-order valence-corrected chi connectivity index (χ1v) is 8.29. The van der Waals surface area contributed by atoms with Crippen molar-refractivity contribution in [2.24, 2.45) is 5.92 Å². The van der Waals surface area contributed by atoms with Gasteiger partial charge in [-0.2, -0.15) is 4.73 Å². The van der Waals surface area contributed by atoms with Gasteiger partial charge in [-0.15, -0.1) is 0 Å². The van der Waals surface area contributed by atoms with Gasteiger partial charge < -0.3 is 10.2 Å². The van der Waals surface area contributed by atoms with Crippen LogP contribution in [0.4, 0.5) is 0 Å². The van der Waals surface area contributed by atoms with Crippen LogP contribution >= 0.6 is 11.6 Å². The number of hydrogen-bond acceptors (Lipinski definition) is 2. The molecular formula is C17H21ClN2O2. The molecule has 22 heavy (non-hydrogen) atoms. The van der Waals surface area contributed by atoms with Crippen molar-refractivity contribution in [3.63, 3.8) is 0 Å². The molecule has 118 valence electrons. The van der Waals surface area contributed by atoms with Crippen LogP contribution in [0.5, 0.6) is 0 Å². The molecule has 1 aromatic heterocycles. The summed E-state index contributed by atoms with van der Waals surface area (Å²) in [7, 11) is 0. The summed E-state index contributed by atoms with van der Waals surface area (Å²) in [6.45, 7) is 3.18. The largest absolute Gasteiger partial charge is 0.414 e. The lowest BCUT2D eigenvalue weighted by Crippen LogP contribution is -2.28. The smallest absolute Gasteiger partial charge is 0.253 e. The van der Waals surface area contributed by atoms with Gasteiger partial charge >= 0.3 is 0 Å². The van der Waals surface area contributed by atoms with E-state index in [0.717, 1.165) is 17.4 Å². The minimum atomic E-state index is -0.0801. The van der Waals surface area contributed by atoms with E-state index in [-0.39, 0.29) is 5.91 Å². The number of fused-ring (bicyclic) bond motifs is 1. The summed E-state index contributed by atoms with van der Waals surface area (Å²) in [4.78, 5) is 18.1. The van der Waals surface area contributed by atoms with Crippen LogP contribution in [0.25, 0.3) is 10.9 Å². The van der Waals surface area contributed by atoms with Gasteiger partial charge in [0.25, 0.3) is 5.91 Å². The third-order valence-electron chi connectivity index (χ3n) is 4.28. The van der Waals surface area contributed by atoms with Gasteiger partial charge in [0.2, 0.25) is 0 Å². The number of benzene rings is 1. The fourth-order valence-corrected chi connectivity index (χ4v) is 3.45. The number of carbonyl (C=O) groups excluding carboxylic acids is 1. The van der Waals surface area contributed by atoms with Gasteiger partial charge in [-0.1, -0.05) is 30.5 Å². The molecule has 0 aliphatic heterocycles. The van der Waals surface area contributed by atoms with E-state index in [9.17, 15) is 4.79 Å². The molecule has 0 radical (unpaired) electrons. The Morgan fingerprint density at radius 2 is 2.18 bits per heavy atom. The van der Waals surface area contributed by atoms with Gasteiger partial charge in [-0.3, -0.25) is 4.79 Å². The first-order chi connectivity index (χ1) is 10.7. The van der Waals surface area contributed by atoms with Gasteiger partial charge in [-0.05, 0) is 37.8 Å². The zero-order valence-electron chi connectivity index (χ0n) is 12.8. The molecule has 1 saturated carbocycles. The Morgan fingerprint density at radius 1 is 1.41 bits per heavy atom. The lowest BCUT2D eigenvalue weighted by atomic mass is 10.1. The van der Waals surface area contributed by atoms with Gasteiger partial charge in [-0.25, -0.2) is 0 Å². The number of hydrogen-bond donors (Lipinski definition) is 1. The zero-order chi connectivity index (χ0) is 15.5. The second-order valence-electron chi connectivity index (χ2n) is 5.78. The van der Waals surface area contributed by atoms with E-state index in [4.69, 9.17) is 16.4 Å². The summed E-state index contributed by atoms with van der Waals surface area (Å²) >= 11 is 6.30. The number of aromatic nitrogens is 1. The average molecular weight is 321 g/mol. The molecule has 3 rings (SSSR count). The monoisotopic (exact) mass is 320 g/mol. The Hall–Kier alpha value is -1.68. The van der Waals surface area contributed by atoms with E-state index in [2.05, 4.69) is 5.32 Å². The van der Waals surface area contributed by atoms with Crippen molar-refractivity contribution < 1.29 is 9.63 Å². The minimum absolute atomic E-state index is 0.0801. The molecule has 1 heterocycles. The molecule has 0 spiro atoms. The molecule has 0 bridgehead atoms. The van der Waals surface area contributed by atoms with Gasteiger partial charge in [0, 0.05) is 11.9 Å². The number of nitrogens with one attached hydrogen (secondary N) is 1. The van der Waals surface area contributed by atoms with Crippen LogP contribution in [-0.4, -0.2) is 23.8 Å². The average Bonchev–Trinajstić information content (AvgIpc) is 3.14. The first-order valence-electron chi connectivity index (χ1n) is 7.91. The highest BCUT2D eigenvalue weighted by atomic mass is 35.5. The van der Waals surface area contributed by atoms with Crippen molar-refractivity contribution in [3.05, 3.63) is 35.0 Å². The Kier molecular flexibility index (Phi) is 4.57. The Labute approximate surface area is 135 Å². The van der Waals surface area contributed by atoms with Crippen LogP contribution in [0.3, 0.4) is 0 Å². The number of halogens is 1. The van der Waals surface area contributed by atoms with Crippen LogP contribution in [0.1, 0.15) is 43.0 Å². The van der Waals surface area contributed by atoms with Gasteiger partial charge in [0.05, 0.1) is 22.3 Å². The molecule has 1 N–H and O–H groups in total. The summed E-state index contributed by atoms with van der Waals surface area (Å²) in [6.07, 6.45) is 6.69. The molecule has 1 aliphatic carbocycles. The van der Waals surface area contributed by atoms with Crippen molar-refractivity contribution in [1.29, 1.82) is 0 Å². The van der Waals surface area contributed by atoms with E-state index in [1.807, 2.05) is 19.1 Å². The van der Waals surface area contributed by atoms with E-state index in [1.54, 1.807) is 17.0 Å². The fourth-order valence-electron chi connectivity index (χ4n) is 3.18. The second kappa shape index (κ2) is 6.61. The summed E-state index contributed by atoms with van der Waals surface area (Å²) in [6, 6.07) is 5.57. The summed E-state index contributed by atoms with van der Waals surface area (Å²) in [5, 5.41) is 4.37. The quantitative estimate of drug-likeness (QED) is 0.913. The standard InChI is InChI=1S/C17H21ClN2O2/c1-2-22-20-11-13(16-14(18)8-5-9-15(16)20)17(21)19-10-12-6-3-4-7-12/h5,8-9,11-12H,2-4,6-7,10H2,1H3,(H,19,21). The second-order valence-corrected chi connectivity index (χ2v) is 6.19. The number of amides is 1. The lowest BCUT2D eigenvalue weighted by Gasteiger charge is -2.10. The predicted molar refractivity (Wildman–Crippen MR) is 88.4 cm³/mol. The highest BCUT2D eigenvalue weighted by molar-refractivity contribution is 6.36. The third-order valence-corrected chi connectivity index (χ3v) is 4.60. The predicted octanol–water partition coefficient (Wildman–Crippen LogP) is 3.66. The first kappa shape index (κ1) is 15.2. The highest BCUT2D eigenvalue weighted by Crippen LogP contribution is 2.29. The molecule has 1 amide bonds. The van der Waals surface area contributed by atoms with Crippen molar-refractivity contribution in [3.8, 4) is 0 Å². The summed E-state index contributed by atoms with van der Waals surface area (Å²) in [5.41, 5.74) is 1.40. The van der Waals surface area contributed by atoms with E-state index >= 15 is 0 Å². The van der Waals surface area contributed by atoms with Crippen LogP contribution in [0, 0.1) is 5.92 Å². The van der Waals surface area contributed by atoms with Crippen LogP contribution in [-0.2, 0) is 0 Å². The molecule has 5 heteroatoms. The molecule has 1 aromatic carbocycles. The molecule has 2 aromatic rings. The molecule has 1 aliphatic rings. The van der Waals surface area contributed by atoms with Crippen LogP contribution in [0.2, 0.25) is 5.02 Å². The highest BCUT2D eigenvalue weighted by Gasteiger charge is 2.20. The Bertz CT molecular complexity index is 675. The maximum atomic E-state index is 12.5. The Morgan fingerprint density at radius 3 is 2.91 bits per heavy atom. The van der Waals surface area contributed by atoms with Crippen LogP contribution < -0.4 is 10.2 Å². The number of nitrogens with zero attached hydrogens (tertiary/aromatic N) is 1. The maximum absolute atomic E-state index is 12.5. The lowest BCUT2D eigenvalue weighted by molar-refractivity contribution is 0.0943. The zero-order valence-corrected chi connectivity index (χ0v) is 13.5. The Balaban J connectivity index is 1.86. The van der Waals surface area contributed by atoms with E-state index in [1.165, 1.54) is 25.7 Å². The molecule has 4 nitrogen and oxygen atoms in total. The summed E-state index contributed by atoms with van der Waals surface area (Å²) in [5.74, 6) is 0.531. The topological polar surface area (TPSA) is 43.3 Å².